The zero-order valence-electron chi connectivity index (χ0n) is 12.7. The van der Waals surface area contributed by atoms with Crippen LogP contribution in [0.5, 0.6) is 0 Å². The molecule has 2 aromatic rings. The fourth-order valence-electron chi connectivity index (χ4n) is 1.91. The number of nitrogens with one attached hydrogen (secondary N) is 2. The van der Waals surface area contributed by atoms with Crippen LogP contribution in [-0.4, -0.2) is 58.6 Å². The number of rotatable bonds is 10. The minimum absolute atomic E-state index is 0.0777. The molecule has 3 N–H and O–H groups in total. The summed E-state index contributed by atoms with van der Waals surface area (Å²) in [6, 6.07) is 0. The van der Waals surface area contributed by atoms with Gasteiger partial charge in [0, 0.05) is 11.6 Å². The molecule has 23 heavy (non-hydrogen) atoms. The maximum Gasteiger partial charge on any atom is 0.697 e. The van der Waals surface area contributed by atoms with Crippen molar-refractivity contribution in [2.45, 2.75) is 6.23 Å². The Morgan fingerprint density at radius 3 is 2.91 bits per heavy atom. The number of nitrogens with zero attached hydrogens (tertiary/aromatic N) is 4. The third kappa shape index (κ3) is 4.38. The molecule has 0 saturated carbocycles. The Morgan fingerprint density at radius 1 is 1.39 bits per heavy atom. The third-order valence-electron chi connectivity index (χ3n) is 2.91. The molecule has 12 heteroatoms. The molecule has 0 saturated heterocycles. The maximum absolute atomic E-state index is 11.0. The zero-order chi connectivity index (χ0) is 16.7. The van der Waals surface area contributed by atoms with Gasteiger partial charge in [-0.25, -0.2) is 20.4 Å². The number of ether oxygens (including phenoxy) is 1. The van der Waals surface area contributed by atoms with Gasteiger partial charge in [-0.3, -0.25) is 4.57 Å². The summed E-state index contributed by atoms with van der Waals surface area (Å²) in [6.45, 7) is 0.315. The van der Waals surface area contributed by atoms with Crippen LogP contribution in [0, 0.1) is 0 Å². The van der Waals surface area contributed by atoms with E-state index >= 15 is 0 Å². The second-order valence-electron chi connectivity index (χ2n) is 4.22. The lowest BCUT2D eigenvalue weighted by Gasteiger charge is -2.18. The number of hydrogen-bond donors (Lipinski definition) is 3. The lowest BCUT2D eigenvalue weighted by atomic mass is 10.4. The SMILES string of the molecule is CNc1ncnc2c1ncn2[C@@H](CNO)OCCO[P+](=O)OC. The van der Waals surface area contributed by atoms with Crippen molar-refractivity contribution in [3.05, 3.63) is 12.7 Å². The van der Waals surface area contributed by atoms with Gasteiger partial charge in [-0.2, -0.15) is 0 Å². The highest BCUT2D eigenvalue weighted by Crippen LogP contribution is 2.23. The first-order valence-corrected chi connectivity index (χ1v) is 7.79. The second-order valence-corrected chi connectivity index (χ2v) is 5.29. The van der Waals surface area contributed by atoms with E-state index < -0.39 is 14.5 Å². The van der Waals surface area contributed by atoms with Crippen LogP contribution in [0.15, 0.2) is 12.7 Å². The third-order valence-corrected chi connectivity index (χ3v) is 3.60. The number of aromatic nitrogens is 4. The molecule has 2 heterocycles. The van der Waals surface area contributed by atoms with Crippen molar-refractivity contribution in [3.63, 3.8) is 0 Å². The topological polar surface area (TPSA) is 133 Å². The van der Waals surface area contributed by atoms with Gasteiger partial charge < -0.3 is 15.3 Å². The highest BCUT2D eigenvalue weighted by molar-refractivity contribution is 7.33. The predicted octanol–water partition coefficient (Wildman–Crippen LogP) is 0.682. The fourth-order valence-corrected chi connectivity index (χ4v) is 2.24. The van der Waals surface area contributed by atoms with Crippen LogP contribution in [0.25, 0.3) is 11.2 Å². The van der Waals surface area contributed by atoms with Crippen molar-refractivity contribution < 1.29 is 23.6 Å². The van der Waals surface area contributed by atoms with Crippen LogP contribution in [0.1, 0.15) is 6.23 Å². The fraction of sp³-hybridized carbons (Fsp3) is 0.545. The summed E-state index contributed by atoms with van der Waals surface area (Å²) in [6.07, 6.45) is 2.36. The molecule has 2 aromatic heterocycles. The molecule has 0 aliphatic rings. The number of imidazole rings is 1. The van der Waals surface area contributed by atoms with Gasteiger partial charge in [0.15, 0.2) is 17.7 Å². The molecule has 0 spiro atoms. The molecular weight excluding hydrogens is 327 g/mol. The van der Waals surface area contributed by atoms with Gasteiger partial charge in [0.25, 0.3) is 0 Å². The van der Waals surface area contributed by atoms with Gasteiger partial charge in [-0.05, 0) is 0 Å². The van der Waals surface area contributed by atoms with E-state index in [9.17, 15) is 4.57 Å². The van der Waals surface area contributed by atoms with Crippen LogP contribution in [0.4, 0.5) is 5.82 Å². The average Bonchev–Trinajstić information content (AvgIpc) is 3.01. The quantitative estimate of drug-likeness (QED) is 0.321. The molecule has 2 rings (SSSR count). The van der Waals surface area contributed by atoms with E-state index in [4.69, 9.17) is 14.5 Å². The van der Waals surface area contributed by atoms with Crippen LogP contribution in [0.3, 0.4) is 0 Å². The Morgan fingerprint density at radius 2 is 2.22 bits per heavy atom. The van der Waals surface area contributed by atoms with Crippen LogP contribution in [-0.2, 0) is 18.3 Å². The van der Waals surface area contributed by atoms with E-state index in [1.54, 1.807) is 17.9 Å². The van der Waals surface area contributed by atoms with Gasteiger partial charge in [0.05, 0.1) is 26.6 Å². The first-order valence-electron chi connectivity index (χ1n) is 6.69. The molecule has 0 fully saturated rings. The van der Waals surface area contributed by atoms with E-state index in [1.807, 2.05) is 0 Å². The van der Waals surface area contributed by atoms with Crippen LogP contribution >= 0.6 is 8.25 Å². The summed E-state index contributed by atoms with van der Waals surface area (Å²) in [5.74, 6) is 0.588. The van der Waals surface area contributed by atoms with Crippen molar-refractivity contribution >= 4 is 25.2 Å². The normalized spacial score (nSPS) is 13.3. The molecule has 126 valence electrons. The lowest BCUT2D eigenvalue weighted by molar-refractivity contribution is -0.0289. The highest BCUT2D eigenvalue weighted by atomic mass is 31.1. The largest absolute Gasteiger partial charge is 0.697 e. The van der Waals surface area contributed by atoms with Crippen LogP contribution < -0.4 is 10.8 Å². The Kier molecular flexibility index (Phi) is 6.71. The molecule has 2 atom stereocenters. The minimum atomic E-state index is -2.14. The van der Waals surface area contributed by atoms with Gasteiger partial charge in [0.1, 0.15) is 18.5 Å². The van der Waals surface area contributed by atoms with Crippen molar-refractivity contribution in [1.82, 2.24) is 25.0 Å². The smallest absolute Gasteiger partial charge is 0.371 e. The first-order chi connectivity index (χ1) is 11.2. The summed E-state index contributed by atoms with van der Waals surface area (Å²) in [7, 11) is 0.881. The summed E-state index contributed by atoms with van der Waals surface area (Å²) >= 11 is 0. The molecule has 0 aromatic carbocycles. The van der Waals surface area contributed by atoms with Crippen molar-refractivity contribution in [2.24, 2.45) is 0 Å². The molecule has 0 amide bonds. The molecular formula is C11H18N6O5P+. The predicted molar refractivity (Wildman–Crippen MR) is 80.2 cm³/mol. The molecule has 0 aliphatic heterocycles. The summed E-state index contributed by atoms with van der Waals surface area (Å²) in [4.78, 5) is 12.5. The average molecular weight is 345 g/mol. The molecule has 1 unspecified atom stereocenters. The summed E-state index contributed by atoms with van der Waals surface area (Å²) in [5.41, 5.74) is 3.19. The zero-order valence-corrected chi connectivity index (χ0v) is 13.6. The molecule has 0 aliphatic carbocycles. The molecule has 0 radical (unpaired) electrons. The molecule has 0 bridgehead atoms. The van der Waals surface area contributed by atoms with E-state index in [1.165, 1.54) is 13.4 Å². The Labute approximate surface area is 132 Å². The van der Waals surface area contributed by atoms with Crippen molar-refractivity contribution in [3.8, 4) is 0 Å². The highest BCUT2D eigenvalue weighted by Gasteiger charge is 2.20. The van der Waals surface area contributed by atoms with Crippen LogP contribution in [0.2, 0.25) is 0 Å². The first kappa shape index (κ1) is 17.6. The van der Waals surface area contributed by atoms with Crippen molar-refractivity contribution in [2.75, 3.05) is 39.2 Å². The van der Waals surface area contributed by atoms with E-state index in [-0.39, 0.29) is 19.8 Å². The lowest BCUT2D eigenvalue weighted by Crippen LogP contribution is -2.26. The number of hydrogen-bond acceptors (Lipinski definition) is 10. The van der Waals surface area contributed by atoms with E-state index in [2.05, 4.69) is 30.3 Å². The number of fused-ring (bicyclic) bond motifs is 1. The van der Waals surface area contributed by atoms with Gasteiger partial charge in [0.2, 0.25) is 0 Å². The standard InChI is InChI=1S/C11H18N6O5P/c1-12-10-9-11(14-6-13-10)17(7-15-9)8(5-16-18)21-3-4-22-23(19)20-2/h6-8,16,18H,3-5H2,1-2H3,(H,12,13,14)/q+1/t8-/m1/s1. The Hall–Kier alpha value is -1.75. The maximum atomic E-state index is 11.0. The summed E-state index contributed by atoms with van der Waals surface area (Å²) in [5, 5.41) is 11.9. The second kappa shape index (κ2) is 8.77. The van der Waals surface area contributed by atoms with Gasteiger partial charge in [-0.1, -0.05) is 0 Å². The van der Waals surface area contributed by atoms with Gasteiger partial charge >= 0.3 is 8.25 Å². The van der Waals surface area contributed by atoms with E-state index in [0.29, 0.717) is 17.0 Å². The van der Waals surface area contributed by atoms with Gasteiger partial charge in [-0.15, -0.1) is 9.05 Å². The Balaban J connectivity index is 2.10. The van der Waals surface area contributed by atoms with E-state index in [0.717, 1.165) is 0 Å². The van der Waals surface area contributed by atoms with Crippen molar-refractivity contribution in [1.29, 1.82) is 0 Å². The monoisotopic (exact) mass is 345 g/mol. The summed E-state index contributed by atoms with van der Waals surface area (Å²) < 4.78 is 27.7. The number of hydroxylamine groups is 1. The number of anilines is 1. The Bertz CT molecular complexity index is 653. The minimum Gasteiger partial charge on any atom is -0.371 e. The molecule has 11 nitrogen and oxygen atoms in total.